The van der Waals surface area contributed by atoms with Crippen LogP contribution in [-0.4, -0.2) is 69.0 Å². The molecule has 0 aliphatic heterocycles. The van der Waals surface area contributed by atoms with Gasteiger partial charge in [-0.05, 0) is 48.1 Å². The van der Waals surface area contributed by atoms with Crippen LogP contribution in [0.5, 0.6) is 5.75 Å². The van der Waals surface area contributed by atoms with Crippen LogP contribution in [0, 0.1) is 5.92 Å². The lowest BCUT2D eigenvalue weighted by Gasteiger charge is -2.25. The lowest BCUT2D eigenvalue weighted by molar-refractivity contribution is -0.142. The molecule has 4 amide bonds. The summed E-state index contributed by atoms with van der Waals surface area (Å²) in [6.45, 7) is 3.79. The molecule has 2 aromatic carbocycles. The number of carbonyl (C=O) groups excluding carboxylic acids is 4. The summed E-state index contributed by atoms with van der Waals surface area (Å²) in [5.74, 6) is -3.99. The molecule has 1 aromatic heterocycles. The van der Waals surface area contributed by atoms with Crippen LogP contribution in [0.4, 0.5) is 0 Å². The number of fused-ring (bicyclic) bond motifs is 1. The van der Waals surface area contributed by atoms with Gasteiger partial charge in [-0.3, -0.25) is 19.2 Å². The van der Waals surface area contributed by atoms with Gasteiger partial charge >= 0.3 is 5.97 Å². The minimum Gasteiger partial charge on any atom is -0.508 e. The first kappa shape index (κ1) is 33.6. The number of carboxylic acid groups (broad SMARTS) is 1. The van der Waals surface area contributed by atoms with Gasteiger partial charge in [0.1, 0.15) is 23.9 Å². The number of rotatable bonds is 16. The first-order valence-corrected chi connectivity index (χ1v) is 14.3. The zero-order chi connectivity index (χ0) is 32.4. The molecule has 0 aliphatic rings. The molecule has 1 heterocycles. The number of H-pyrrole nitrogens is 1. The van der Waals surface area contributed by atoms with Crippen molar-refractivity contribution in [2.45, 2.75) is 70.1 Å². The van der Waals surface area contributed by atoms with Gasteiger partial charge in [0.25, 0.3) is 0 Å². The van der Waals surface area contributed by atoms with Gasteiger partial charge in [0.2, 0.25) is 23.6 Å². The fourth-order valence-corrected chi connectivity index (χ4v) is 4.79. The van der Waals surface area contributed by atoms with Crippen LogP contribution >= 0.6 is 0 Å². The topological polar surface area (TPSA) is 230 Å². The second-order valence-corrected chi connectivity index (χ2v) is 11.2. The lowest BCUT2D eigenvalue weighted by atomic mass is 10.0. The number of amides is 4. The highest BCUT2D eigenvalue weighted by Crippen LogP contribution is 2.20. The van der Waals surface area contributed by atoms with Gasteiger partial charge in [-0.15, -0.1) is 0 Å². The highest BCUT2D eigenvalue weighted by molar-refractivity contribution is 5.95. The Labute approximate surface area is 254 Å². The number of nitrogens with two attached hydrogens (primary N) is 2. The zero-order valence-electron chi connectivity index (χ0n) is 24.7. The van der Waals surface area contributed by atoms with Crippen molar-refractivity contribution < 1.29 is 34.2 Å². The molecule has 0 saturated carbocycles. The minimum atomic E-state index is -1.35. The maximum absolute atomic E-state index is 13.6. The Bertz CT molecular complexity index is 1470. The second-order valence-electron chi connectivity index (χ2n) is 11.2. The molecule has 0 spiro atoms. The molecule has 13 nitrogen and oxygen atoms in total. The molecule has 236 valence electrons. The molecular formula is C31H40N6O7. The Balaban J connectivity index is 1.87. The Hall–Kier alpha value is -4.91. The number of para-hydroxylation sites is 1. The third kappa shape index (κ3) is 9.83. The Morgan fingerprint density at radius 3 is 2.09 bits per heavy atom. The molecule has 0 aliphatic carbocycles. The highest BCUT2D eigenvalue weighted by Gasteiger charge is 2.31. The summed E-state index contributed by atoms with van der Waals surface area (Å²) in [6.07, 6.45) is 1.60. The van der Waals surface area contributed by atoms with E-state index in [4.69, 9.17) is 11.5 Å². The SMILES string of the molecule is CC(C)CC(N)C(=O)NC(CCC(N)=O)C(=O)NC(Cc1c[nH]c2ccccc12)C(=O)NC(Cc1ccc(O)cc1)C(=O)O. The van der Waals surface area contributed by atoms with Gasteiger partial charge in [-0.2, -0.15) is 0 Å². The average molecular weight is 609 g/mol. The number of carboxylic acids is 1. The van der Waals surface area contributed by atoms with E-state index in [-0.39, 0.29) is 37.4 Å². The highest BCUT2D eigenvalue weighted by atomic mass is 16.4. The van der Waals surface area contributed by atoms with Crippen LogP contribution in [0.15, 0.2) is 54.7 Å². The van der Waals surface area contributed by atoms with E-state index in [2.05, 4.69) is 20.9 Å². The average Bonchev–Trinajstić information content (AvgIpc) is 3.37. The Kier molecular flexibility index (Phi) is 11.9. The van der Waals surface area contributed by atoms with E-state index in [0.29, 0.717) is 17.5 Å². The molecule has 10 N–H and O–H groups in total. The monoisotopic (exact) mass is 608 g/mol. The van der Waals surface area contributed by atoms with Crippen molar-refractivity contribution in [1.82, 2.24) is 20.9 Å². The maximum atomic E-state index is 13.6. The van der Waals surface area contributed by atoms with Gasteiger partial charge in [0.15, 0.2) is 0 Å². The summed E-state index contributed by atoms with van der Waals surface area (Å²) in [7, 11) is 0. The summed E-state index contributed by atoms with van der Waals surface area (Å²) in [5.41, 5.74) is 13.3. The number of benzene rings is 2. The molecule has 4 atom stereocenters. The summed E-state index contributed by atoms with van der Waals surface area (Å²) in [5, 5.41) is 27.9. The number of primary amides is 1. The number of carbonyl (C=O) groups is 5. The number of phenols is 1. The van der Waals surface area contributed by atoms with Crippen molar-refractivity contribution in [3.63, 3.8) is 0 Å². The fraction of sp³-hybridized carbons (Fsp3) is 0.387. The normalized spacial score (nSPS) is 13.9. The smallest absolute Gasteiger partial charge is 0.326 e. The second kappa shape index (κ2) is 15.5. The third-order valence-electron chi connectivity index (χ3n) is 7.10. The van der Waals surface area contributed by atoms with Gasteiger partial charge in [0, 0.05) is 36.4 Å². The van der Waals surface area contributed by atoms with Crippen LogP contribution in [0.25, 0.3) is 10.9 Å². The molecule has 44 heavy (non-hydrogen) atoms. The number of phenolic OH excluding ortho intramolecular Hbond substituents is 1. The van der Waals surface area contributed by atoms with E-state index >= 15 is 0 Å². The third-order valence-corrected chi connectivity index (χ3v) is 7.10. The summed E-state index contributed by atoms with van der Waals surface area (Å²) in [4.78, 5) is 66.7. The number of hydrogen-bond donors (Lipinski definition) is 8. The molecule has 0 saturated heterocycles. The molecule has 0 fully saturated rings. The van der Waals surface area contributed by atoms with Crippen LogP contribution in [-0.2, 0) is 36.8 Å². The Morgan fingerprint density at radius 2 is 1.45 bits per heavy atom. The van der Waals surface area contributed by atoms with E-state index in [1.165, 1.54) is 12.1 Å². The number of aromatic nitrogens is 1. The van der Waals surface area contributed by atoms with E-state index in [0.717, 1.165) is 10.9 Å². The predicted molar refractivity (Wildman–Crippen MR) is 163 cm³/mol. The quantitative estimate of drug-likeness (QED) is 0.116. The Morgan fingerprint density at radius 1 is 0.841 bits per heavy atom. The van der Waals surface area contributed by atoms with Gasteiger partial charge in [0.05, 0.1) is 6.04 Å². The molecule has 0 radical (unpaired) electrons. The van der Waals surface area contributed by atoms with Crippen LogP contribution in [0.3, 0.4) is 0 Å². The standard InChI is InChI=1S/C31H40N6O7/c1-17(2)13-22(32)28(40)35-24(11-12-27(33)39)29(41)36-25(15-19-16-34-23-6-4-3-5-21(19)23)30(42)37-26(31(43)44)14-18-7-9-20(38)10-8-18/h3-10,16-17,22,24-26,34,38H,11-15,32H2,1-2H3,(H2,33,39)(H,35,40)(H,36,41)(H,37,42)(H,43,44). The van der Waals surface area contributed by atoms with Gasteiger partial charge in [-0.25, -0.2) is 4.79 Å². The van der Waals surface area contributed by atoms with E-state index in [9.17, 15) is 34.2 Å². The summed E-state index contributed by atoms with van der Waals surface area (Å²) in [6, 6.07) is 8.49. The van der Waals surface area contributed by atoms with Crippen LogP contribution in [0.2, 0.25) is 0 Å². The van der Waals surface area contributed by atoms with Crippen molar-refractivity contribution >= 4 is 40.5 Å². The molecule has 3 rings (SSSR count). The van der Waals surface area contributed by atoms with Crippen molar-refractivity contribution in [2.24, 2.45) is 17.4 Å². The molecule has 13 heteroatoms. The molecule has 3 aromatic rings. The fourth-order valence-electron chi connectivity index (χ4n) is 4.79. The first-order chi connectivity index (χ1) is 20.8. The van der Waals surface area contributed by atoms with Gasteiger partial charge in [-0.1, -0.05) is 44.2 Å². The van der Waals surface area contributed by atoms with E-state index in [1.54, 1.807) is 18.3 Å². The number of aromatic amines is 1. The summed E-state index contributed by atoms with van der Waals surface area (Å²) >= 11 is 0. The maximum Gasteiger partial charge on any atom is 0.326 e. The van der Waals surface area contributed by atoms with E-state index < -0.39 is 53.8 Å². The predicted octanol–water partition coefficient (Wildman–Crippen LogP) is 0.837. The molecule has 0 bridgehead atoms. The van der Waals surface area contributed by atoms with Gasteiger partial charge < -0.3 is 42.6 Å². The largest absolute Gasteiger partial charge is 0.508 e. The summed E-state index contributed by atoms with van der Waals surface area (Å²) < 4.78 is 0. The minimum absolute atomic E-state index is 0.00862. The number of aliphatic carboxylic acids is 1. The number of hydrogen-bond acceptors (Lipinski definition) is 7. The molecular weight excluding hydrogens is 568 g/mol. The van der Waals surface area contributed by atoms with Crippen molar-refractivity contribution in [1.29, 1.82) is 0 Å². The van der Waals surface area contributed by atoms with Crippen molar-refractivity contribution in [2.75, 3.05) is 0 Å². The van der Waals surface area contributed by atoms with Crippen molar-refractivity contribution in [3.8, 4) is 5.75 Å². The van der Waals surface area contributed by atoms with E-state index in [1.807, 2.05) is 38.1 Å². The zero-order valence-corrected chi connectivity index (χ0v) is 24.7. The number of aromatic hydroxyl groups is 1. The number of nitrogens with one attached hydrogen (secondary N) is 4. The van der Waals surface area contributed by atoms with Crippen molar-refractivity contribution in [3.05, 3.63) is 65.9 Å². The lowest BCUT2D eigenvalue weighted by Crippen LogP contribution is -2.58. The first-order valence-electron chi connectivity index (χ1n) is 14.3. The molecule has 4 unspecified atom stereocenters. The van der Waals surface area contributed by atoms with Crippen LogP contribution < -0.4 is 27.4 Å². The van der Waals surface area contributed by atoms with Crippen LogP contribution in [0.1, 0.15) is 44.2 Å².